The van der Waals surface area contributed by atoms with E-state index in [0.29, 0.717) is 0 Å². The van der Waals surface area contributed by atoms with Crippen LogP contribution < -0.4 is 5.30 Å². The van der Waals surface area contributed by atoms with Gasteiger partial charge in [0.05, 0.1) is 10.2 Å². The molecule has 0 fully saturated rings. The van der Waals surface area contributed by atoms with E-state index in [1.54, 1.807) is 0 Å². The zero-order chi connectivity index (χ0) is 11.5. The van der Waals surface area contributed by atoms with Crippen molar-refractivity contribution in [3.05, 3.63) is 34.4 Å². The maximum Gasteiger partial charge on any atom is 0.360 e. The summed E-state index contributed by atoms with van der Waals surface area (Å²) in [5, 5.41) is 18.5. The molecular formula is C7H8NO6P. The fourth-order valence-electron chi connectivity index (χ4n) is 0.916. The Morgan fingerprint density at radius 3 is 2.33 bits per heavy atom. The second-order valence-electron chi connectivity index (χ2n) is 2.55. The van der Waals surface area contributed by atoms with E-state index in [1.807, 2.05) is 0 Å². The van der Waals surface area contributed by atoms with Crippen LogP contribution in [0.4, 0.5) is 5.69 Å². The van der Waals surface area contributed by atoms with Gasteiger partial charge < -0.3 is 10.00 Å². The molecule has 82 valence electrons. The fourth-order valence-corrected chi connectivity index (χ4v) is 1.75. The van der Waals surface area contributed by atoms with Gasteiger partial charge in [-0.15, -0.1) is 0 Å². The van der Waals surface area contributed by atoms with Crippen molar-refractivity contribution in [1.29, 1.82) is 0 Å². The van der Waals surface area contributed by atoms with Gasteiger partial charge in [-0.2, -0.15) is 0 Å². The van der Waals surface area contributed by atoms with E-state index in [1.165, 1.54) is 0 Å². The molecule has 0 saturated heterocycles. The van der Waals surface area contributed by atoms with Crippen molar-refractivity contribution in [2.75, 3.05) is 6.79 Å². The summed E-state index contributed by atoms with van der Waals surface area (Å²) in [5.41, 5.74) is -0.192. The number of aliphatic hydroxyl groups is 1. The molecular weight excluding hydrogens is 225 g/mol. The maximum absolute atomic E-state index is 11.3. The summed E-state index contributed by atoms with van der Waals surface area (Å²) in [4.78, 5) is 18.9. The van der Waals surface area contributed by atoms with Crippen LogP contribution in [0, 0.1) is 10.1 Å². The van der Waals surface area contributed by atoms with Gasteiger partial charge in [-0.25, -0.2) is 0 Å². The number of nitro groups is 1. The highest BCUT2D eigenvalue weighted by Crippen LogP contribution is 2.40. The summed E-state index contributed by atoms with van der Waals surface area (Å²) in [6.07, 6.45) is 0. The first kappa shape index (κ1) is 11.8. The lowest BCUT2D eigenvalue weighted by molar-refractivity contribution is -0.384. The van der Waals surface area contributed by atoms with Gasteiger partial charge in [0.15, 0.2) is 6.79 Å². The molecule has 0 bridgehead atoms. The van der Waals surface area contributed by atoms with Gasteiger partial charge in [0.1, 0.15) is 0 Å². The molecule has 0 aliphatic heterocycles. The minimum Gasteiger partial charge on any atom is -0.370 e. The van der Waals surface area contributed by atoms with Gasteiger partial charge >= 0.3 is 7.60 Å². The Bertz CT molecular complexity index is 402. The Hall–Kier alpha value is -1.27. The minimum absolute atomic E-state index is 0.109. The van der Waals surface area contributed by atoms with Crippen molar-refractivity contribution < 1.29 is 24.0 Å². The normalized spacial score (nSPS) is 14.5. The van der Waals surface area contributed by atoms with E-state index in [-0.39, 0.29) is 11.0 Å². The highest BCUT2D eigenvalue weighted by atomic mass is 31.2. The third-order valence-corrected chi connectivity index (χ3v) is 3.04. The topological polar surface area (TPSA) is 110 Å². The Labute approximate surface area is 84.6 Å². The van der Waals surface area contributed by atoms with E-state index in [0.717, 1.165) is 24.3 Å². The largest absolute Gasteiger partial charge is 0.370 e. The quantitative estimate of drug-likeness (QED) is 0.336. The number of aliphatic hydroxyl groups excluding tert-OH is 1. The standard InChI is InChI=1S/C7H8NO6P/c9-5-14-15(12,13)7-3-1-6(2-4-7)8(10)11/h1-4,9H,5H2,(H,12,13). The maximum atomic E-state index is 11.3. The van der Waals surface area contributed by atoms with Crippen LogP contribution in [-0.4, -0.2) is 21.7 Å². The summed E-state index contributed by atoms with van der Waals surface area (Å²) in [6, 6.07) is 4.38. The molecule has 1 aromatic rings. The molecule has 8 heteroatoms. The predicted molar refractivity (Wildman–Crippen MR) is 50.7 cm³/mol. The van der Waals surface area contributed by atoms with E-state index >= 15 is 0 Å². The van der Waals surface area contributed by atoms with E-state index < -0.39 is 19.3 Å². The fraction of sp³-hybridized carbons (Fsp3) is 0.143. The SMILES string of the molecule is O=[N+]([O-])c1ccc(P(=O)(O)OCO)cc1. The first-order valence-corrected chi connectivity index (χ1v) is 5.38. The number of benzene rings is 1. The Morgan fingerprint density at radius 2 is 1.93 bits per heavy atom. The molecule has 1 aromatic carbocycles. The third kappa shape index (κ3) is 2.84. The van der Waals surface area contributed by atoms with Gasteiger partial charge in [0.2, 0.25) is 0 Å². The van der Waals surface area contributed by atoms with Gasteiger partial charge in [0.25, 0.3) is 5.69 Å². The molecule has 0 aliphatic carbocycles. The van der Waals surface area contributed by atoms with Crippen molar-refractivity contribution in [3.8, 4) is 0 Å². The monoisotopic (exact) mass is 233 g/mol. The zero-order valence-electron chi connectivity index (χ0n) is 7.44. The number of nitro benzene ring substituents is 1. The van der Waals surface area contributed by atoms with Crippen LogP contribution in [0.15, 0.2) is 24.3 Å². The van der Waals surface area contributed by atoms with Crippen LogP contribution in [-0.2, 0) is 9.09 Å². The number of hydrogen-bond acceptors (Lipinski definition) is 5. The second kappa shape index (κ2) is 4.50. The molecule has 2 N–H and O–H groups in total. The Balaban J connectivity index is 2.98. The van der Waals surface area contributed by atoms with Gasteiger partial charge in [0, 0.05) is 12.1 Å². The second-order valence-corrected chi connectivity index (χ2v) is 4.37. The van der Waals surface area contributed by atoms with Crippen LogP contribution in [0.5, 0.6) is 0 Å². The lowest BCUT2D eigenvalue weighted by atomic mass is 10.3. The van der Waals surface area contributed by atoms with Crippen molar-refractivity contribution in [3.63, 3.8) is 0 Å². The van der Waals surface area contributed by atoms with Crippen LogP contribution in [0.25, 0.3) is 0 Å². The highest BCUT2D eigenvalue weighted by Gasteiger charge is 2.22. The Kier molecular flexibility index (Phi) is 3.54. The molecule has 0 heterocycles. The average Bonchev–Trinajstić information content (AvgIpc) is 2.18. The molecule has 1 rings (SSSR count). The van der Waals surface area contributed by atoms with E-state index in [4.69, 9.17) is 5.11 Å². The van der Waals surface area contributed by atoms with Crippen molar-refractivity contribution >= 4 is 18.6 Å². The summed E-state index contributed by atoms with van der Waals surface area (Å²) < 4.78 is 15.5. The van der Waals surface area contributed by atoms with Crippen molar-refractivity contribution in [2.45, 2.75) is 0 Å². The molecule has 1 atom stereocenters. The smallest absolute Gasteiger partial charge is 0.360 e. The lowest BCUT2D eigenvalue weighted by Gasteiger charge is -2.09. The van der Waals surface area contributed by atoms with Crippen molar-refractivity contribution in [2.24, 2.45) is 0 Å². The molecule has 7 nitrogen and oxygen atoms in total. The Morgan fingerprint density at radius 1 is 1.40 bits per heavy atom. The zero-order valence-corrected chi connectivity index (χ0v) is 8.33. The third-order valence-electron chi connectivity index (χ3n) is 1.62. The number of non-ortho nitro benzene ring substituents is 1. The summed E-state index contributed by atoms with van der Waals surface area (Å²) in [5.74, 6) is 0. The molecule has 0 saturated carbocycles. The molecule has 0 aromatic heterocycles. The first-order chi connectivity index (χ1) is 6.97. The van der Waals surface area contributed by atoms with E-state index in [2.05, 4.69) is 4.52 Å². The molecule has 0 aliphatic rings. The van der Waals surface area contributed by atoms with Crippen molar-refractivity contribution in [1.82, 2.24) is 0 Å². The average molecular weight is 233 g/mol. The summed E-state index contributed by atoms with van der Waals surface area (Å²) in [6.45, 7) is -0.898. The highest BCUT2D eigenvalue weighted by molar-refractivity contribution is 7.61. The first-order valence-electron chi connectivity index (χ1n) is 3.80. The number of nitrogens with zero attached hydrogens (tertiary/aromatic N) is 1. The van der Waals surface area contributed by atoms with Gasteiger partial charge in [-0.05, 0) is 12.1 Å². The number of rotatable bonds is 4. The lowest BCUT2D eigenvalue weighted by Crippen LogP contribution is -2.07. The predicted octanol–water partition coefficient (Wildman–Crippen LogP) is 0.372. The number of hydrogen-bond donors (Lipinski definition) is 2. The summed E-state index contributed by atoms with van der Waals surface area (Å²) in [7, 11) is -4.07. The molecule has 0 radical (unpaired) electrons. The van der Waals surface area contributed by atoms with Gasteiger partial charge in [-0.1, -0.05) is 0 Å². The molecule has 15 heavy (non-hydrogen) atoms. The van der Waals surface area contributed by atoms with Crippen LogP contribution in [0.3, 0.4) is 0 Å². The molecule has 1 unspecified atom stereocenters. The molecule has 0 amide bonds. The van der Waals surface area contributed by atoms with Crippen LogP contribution >= 0.6 is 7.60 Å². The minimum atomic E-state index is -4.07. The van der Waals surface area contributed by atoms with Crippen LogP contribution in [0.1, 0.15) is 0 Å². The molecule has 0 spiro atoms. The van der Waals surface area contributed by atoms with Gasteiger partial charge in [-0.3, -0.25) is 19.2 Å². The summed E-state index contributed by atoms with van der Waals surface area (Å²) >= 11 is 0. The van der Waals surface area contributed by atoms with Crippen LogP contribution in [0.2, 0.25) is 0 Å². The van der Waals surface area contributed by atoms with E-state index in [9.17, 15) is 19.6 Å².